The number of aliphatic hydroxyl groups is 1. The van der Waals surface area contributed by atoms with Crippen LogP contribution in [0.5, 0.6) is 0 Å². The van der Waals surface area contributed by atoms with E-state index in [0.29, 0.717) is 19.6 Å². The molecule has 0 aromatic heterocycles. The molecule has 1 saturated carbocycles. The average molecular weight is 635 g/mol. The Hall–Kier alpha value is -2.88. The minimum atomic E-state index is -2.93. The Balaban J connectivity index is 1.62. The Labute approximate surface area is 268 Å². The molecule has 0 spiro atoms. The van der Waals surface area contributed by atoms with Gasteiger partial charge in [-0.3, -0.25) is 4.79 Å². The van der Waals surface area contributed by atoms with Crippen molar-refractivity contribution in [2.24, 2.45) is 11.8 Å². The zero-order chi connectivity index (χ0) is 32.1. The van der Waals surface area contributed by atoms with Gasteiger partial charge in [-0.2, -0.15) is 0 Å². The molecule has 1 heterocycles. The third-order valence-corrected chi connectivity index (χ3v) is 15.0. The van der Waals surface area contributed by atoms with Gasteiger partial charge in [0.05, 0.1) is 19.8 Å². The molecule has 1 saturated heterocycles. The van der Waals surface area contributed by atoms with Crippen molar-refractivity contribution < 1.29 is 32.9 Å². The summed E-state index contributed by atoms with van der Waals surface area (Å²) in [6.07, 6.45) is 2.53. The summed E-state index contributed by atoms with van der Waals surface area (Å²) in [6, 6.07) is 27.2. The van der Waals surface area contributed by atoms with Gasteiger partial charge in [0, 0.05) is 31.0 Å². The molecule has 2 aliphatic rings. The highest BCUT2D eigenvalue weighted by atomic mass is 28.4. The second-order valence-corrected chi connectivity index (χ2v) is 17.8. The van der Waals surface area contributed by atoms with Gasteiger partial charge in [-0.25, -0.2) is 4.39 Å². The topological polar surface area (TPSA) is 74.2 Å². The van der Waals surface area contributed by atoms with Crippen molar-refractivity contribution in [3.8, 4) is 0 Å². The summed E-state index contributed by atoms with van der Waals surface area (Å²) in [6.45, 7) is 7.41. The minimum Gasteiger partial charge on any atom is -0.469 e. The summed E-state index contributed by atoms with van der Waals surface area (Å²) < 4.78 is 39.5. The third-order valence-electron chi connectivity index (χ3n) is 9.96. The number of hydrogen-bond donors (Lipinski definition) is 1. The fraction of sp³-hybridized carbons (Fsp3) is 0.486. The van der Waals surface area contributed by atoms with Gasteiger partial charge in [0.1, 0.15) is 5.82 Å². The smallest absolute Gasteiger partial charge is 0.305 e. The molecule has 8 heteroatoms. The molecule has 5 rings (SSSR count). The van der Waals surface area contributed by atoms with E-state index in [9.17, 15) is 14.3 Å². The highest BCUT2D eigenvalue weighted by molar-refractivity contribution is 6.99. The number of rotatable bonds is 11. The predicted octanol–water partition coefficient (Wildman–Crippen LogP) is 5.74. The van der Waals surface area contributed by atoms with Crippen molar-refractivity contribution in [2.75, 3.05) is 26.9 Å². The number of aliphatic hydroxyl groups excluding tert-OH is 1. The van der Waals surface area contributed by atoms with E-state index in [1.165, 1.54) is 19.2 Å². The largest absolute Gasteiger partial charge is 0.469 e. The summed E-state index contributed by atoms with van der Waals surface area (Å²) in [4.78, 5) is 13.0. The monoisotopic (exact) mass is 634 g/mol. The third kappa shape index (κ3) is 6.81. The lowest BCUT2D eigenvalue weighted by atomic mass is 9.69. The van der Waals surface area contributed by atoms with E-state index in [4.69, 9.17) is 18.6 Å². The molecule has 3 aromatic carbocycles. The van der Waals surface area contributed by atoms with Crippen LogP contribution in [-0.4, -0.2) is 58.7 Å². The van der Waals surface area contributed by atoms with E-state index in [-0.39, 0.29) is 48.2 Å². The van der Waals surface area contributed by atoms with Crippen LogP contribution in [0.3, 0.4) is 0 Å². The molecule has 242 valence electrons. The molecular weight excluding hydrogens is 587 g/mol. The predicted molar refractivity (Wildman–Crippen MR) is 175 cm³/mol. The van der Waals surface area contributed by atoms with E-state index in [0.717, 1.165) is 35.2 Å². The van der Waals surface area contributed by atoms with Gasteiger partial charge < -0.3 is 23.7 Å². The van der Waals surface area contributed by atoms with Crippen LogP contribution in [-0.2, 0) is 28.8 Å². The van der Waals surface area contributed by atoms with E-state index >= 15 is 0 Å². The van der Waals surface area contributed by atoms with E-state index in [1.54, 1.807) is 12.1 Å². The van der Waals surface area contributed by atoms with Gasteiger partial charge >= 0.3 is 5.97 Å². The minimum absolute atomic E-state index is 0.0641. The maximum atomic E-state index is 14.1. The summed E-state index contributed by atoms with van der Waals surface area (Å²) in [5.41, 5.74) is -0.104. The second-order valence-electron chi connectivity index (χ2n) is 13.5. The first-order valence-electron chi connectivity index (χ1n) is 16.1. The first-order valence-corrected chi connectivity index (χ1v) is 18.0. The highest BCUT2D eigenvalue weighted by Crippen LogP contribution is 2.53. The van der Waals surface area contributed by atoms with Gasteiger partial charge in [0.25, 0.3) is 8.32 Å². The summed E-state index contributed by atoms with van der Waals surface area (Å²) in [5, 5.41) is 13.3. The molecule has 6 nitrogen and oxygen atoms in total. The summed E-state index contributed by atoms with van der Waals surface area (Å²) in [7, 11) is -1.55. The van der Waals surface area contributed by atoms with Gasteiger partial charge in [-0.1, -0.05) is 93.6 Å². The lowest BCUT2D eigenvalue weighted by molar-refractivity contribution is -0.198. The van der Waals surface area contributed by atoms with Gasteiger partial charge in [-0.15, -0.1) is 0 Å². The number of carbonyl (C=O) groups is 1. The number of hydrogen-bond acceptors (Lipinski definition) is 6. The number of carbonyl (C=O) groups excluding carboxylic acids is 1. The summed E-state index contributed by atoms with van der Waals surface area (Å²) >= 11 is 0. The molecule has 0 radical (unpaired) electrons. The zero-order valence-corrected chi connectivity index (χ0v) is 27.9. The number of esters is 1. The standard InChI is InChI=1S/C37H47FO6Si/c1-36(2,3)45(29-13-7-5-8-14-29,30-15-9-6-10-16-30)43-25-31-32(23-34(40)41-4)37(26-39,27-18-20-28(38)21-19-27)24-33(31)44-35-17-11-12-22-42-35/h5-10,13-16,18-21,31-33,35,39H,11-12,17,22-26H2,1-4H3/t31-,32-,33-,35?,37-/m0/s1. The molecule has 1 N–H and O–H groups in total. The quantitative estimate of drug-likeness (QED) is 0.214. The molecule has 0 bridgehead atoms. The highest BCUT2D eigenvalue weighted by Gasteiger charge is 2.58. The average Bonchev–Trinajstić information content (AvgIpc) is 3.34. The molecule has 5 atom stereocenters. The van der Waals surface area contributed by atoms with Crippen molar-refractivity contribution in [3.63, 3.8) is 0 Å². The lowest BCUT2D eigenvalue weighted by Crippen LogP contribution is -2.67. The van der Waals surface area contributed by atoms with E-state index < -0.39 is 19.7 Å². The number of benzene rings is 3. The zero-order valence-electron chi connectivity index (χ0n) is 26.9. The summed E-state index contributed by atoms with van der Waals surface area (Å²) in [5.74, 6) is -1.41. The van der Waals surface area contributed by atoms with Gasteiger partial charge in [-0.05, 0) is 64.7 Å². The Morgan fingerprint density at radius 1 is 0.978 bits per heavy atom. The van der Waals surface area contributed by atoms with E-state index in [2.05, 4.69) is 69.3 Å². The van der Waals surface area contributed by atoms with Crippen LogP contribution >= 0.6 is 0 Å². The Bertz CT molecular complexity index is 1330. The van der Waals surface area contributed by atoms with Crippen LogP contribution < -0.4 is 10.4 Å². The van der Waals surface area contributed by atoms with Crippen LogP contribution in [0.15, 0.2) is 84.9 Å². The fourth-order valence-electron chi connectivity index (χ4n) is 7.70. The van der Waals surface area contributed by atoms with Crippen LogP contribution in [0, 0.1) is 17.7 Å². The Morgan fingerprint density at radius 3 is 2.11 bits per heavy atom. The number of ether oxygens (including phenoxy) is 3. The van der Waals surface area contributed by atoms with E-state index in [1.807, 2.05) is 12.1 Å². The van der Waals surface area contributed by atoms with Crippen LogP contribution in [0.1, 0.15) is 58.4 Å². The molecule has 2 fully saturated rings. The Kier molecular flexibility index (Phi) is 10.6. The van der Waals surface area contributed by atoms with Crippen molar-refractivity contribution in [2.45, 2.75) is 75.7 Å². The molecule has 45 heavy (non-hydrogen) atoms. The molecule has 1 aliphatic carbocycles. The van der Waals surface area contributed by atoms with Gasteiger partial charge in [0.15, 0.2) is 6.29 Å². The van der Waals surface area contributed by atoms with Crippen molar-refractivity contribution in [3.05, 3.63) is 96.3 Å². The molecule has 1 aliphatic heterocycles. The number of halogens is 1. The number of methoxy groups -OCH3 is 1. The molecule has 1 unspecified atom stereocenters. The maximum absolute atomic E-state index is 14.1. The first-order chi connectivity index (χ1) is 21.6. The van der Waals surface area contributed by atoms with Gasteiger partial charge in [0.2, 0.25) is 0 Å². The van der Waals surface area contributed by atoms with Crippen LogP contribution in [0.2, 0.25) is 5.04 Å². The van der Waals surface area contributed by atoms with Crippen molar-refractivity contribution in [1.82, 2.24) is 0 Å². The fourth-order valence-corrected chi connectivity index (χ4v) is 12.3. The van der Waals surface area contributed by atoms with Crippen LogP contribution in [0.25, 0.3) is 0 Å². The van der Waals surface area contributed by atoms with Crippen molar-refractivity contribution >= 4 is 24.7 Å². The molecular formula is C37H47FO6Si. The first kappa shape index (κ1) is 33.5. The van der Waals surface area contributed by atoms with Crippen molar-refractivity contribution in [1.29, 1.82) is 0 Å². The Morgan fingerprint density at radius 2 is 1.60 bits per heavy atom. The molecule has 3 aromatic rings. The lowest BCUT2D eigenvalue weighted by Gasteiger charge is -2.44. The maximum Gasteiger partial charge on any atom is 0.305 e. The van der Waals surface area contributed by atoms with Crippen LogP contribution in [0.4, 0.5) is 4.39 Å². The normalized spacial score (nSPS) is 25.6. The molecule has 0 amide bonds. The SMILES string of the molecule is COC(=O)C[C@H]1[C@H](CO[Si](c2ccccc2)(c2ccccc2)C(C)(C)C)[C@@H](OC2CCCCO2)C[C@]1(CO)c1ccc(F)cc1. The second kappa shape index (κ2) is 14.3.